The number of hydrogen-bond acceptors (Lipinski definition) is 3. The molecular formula is C14H19FO3. The molecule has 3 nitrogen and oxygen atoms in total. The maximum atomic E-state index is 13.7. The number of aliphatic hydroxyl groups is 1. The summed E-state index contributed by atoms with van der Waals surface area (Å²) in [6, 6.07) is 6.12. The molecule has 0 radical (unpaired) electrons. The number of methoxy groups -OCH3 is 1. The van der Waals surface area contributed by atoms with Crippen molar-refractivity contribution in [2.45, 2.75) is 32.3 Å². The SMILES string of the molecule is COC(=O)C(O)(C(C)C)C(C)c1ccccc1F. The van der Waals surface area contributed by atoms with Gasteiger partial charge in [-0.2, -0.15) is 0 Å². The molecule has 18 heavy (non-hydrogen) atoms. The van der Waals surface area contributed by atoms with Crippen LogP contribution < -0.4 is 0 Å². The zero-order valence-corrected chi connectivity index (χ0v) is 11.1. The predicted octanol–water partition coefficient (Wildman–Crippen LogP) is 2.49. The highest BCUT2D eigenvalue weighted by molar-refractivity contribution is 5.81. The third kappa shape index (κ3) is 2.38. The van der Waals surface area contributed by atoms with Gasteiger partial charge in [-0.3, -0.25) is 0 Å². The number of halogens is 1. The fourth-order valence-electron chi connectivity index (χ4n) is 2.14. The number of carbonyl (C=O) groups excluding carboxylic acids is 1. The van der Waals surface area contributed by atoms with E-state index in [2.05, 4.69) is 4.74 Å². The fraction of sp³-hybridized carbons (Fsp3) is 0.500. The number of esters is 1. The molecule has 0 bridgehead atoms. The lowest BCUT2D eigenvalue weighted by atomic mass is 9.76. The zero-order chi connectivity index (χ0) is 13.9. The molecule has 4 heteroatoms. The van der Waals surface area contributed by atoms with Crippen LogP contribution in [0.3, 0.4) is 0 Å². The van der Waals surface area contributed by atoms with Crippen molar-refractivity contribution in [3.8, 4) is 0 Å². The Bertz CT molecular complexity index is 431. The zero-order valence-electron chi connectivity index (χ0n) is 11.1. The smallest absolute Gasteiger partial charge is 0.338 e. The van der Waals surface area contributed by atoms with Crippen LogP contribution in [0.4, 0.5) is 4.39 Å². The molecule has 0 saturated heterocycles. The lowest BCUT2D eigenvalue weighted by Gasteiger charge is -2.35. The van der Waals surface area contributed by atoms with Crippen molar-refractivity contribution in [2.24, 2.45) is 5.92 Å². The van der Waals surface area contributed by atoms with Crippen LogP contribution in [-0.2, 0) is 9.53 Å². The van der Waals surface area contributed by atoms with E-state index in [4.69, 9.17) is 0 Å². The lowest BCUT2D eigenvalue weighted by molar-refractivity contribution is -0.170. The van der Waals surface area contributed by atoms with E-state index >= 15 is 0 Å². The van der Waals surface area contributed by atoms with Gasteiger partial charge in [0, 0.05) is 5.92 Å². The number of rotatable bonds is 4. The molecule has 0 aromatic heterocycles. The van der Waals surface area contributed by atoms with E-state index in [1.165, 1.54) is 13.2 Å². The first kappa shape index (κ1) is 14.6. The van der Waals surface area contributed by atoms with Gasteiger partial charge in [-0.25, -0.2) is 9.18 Å². The Hall–Kier alpha value is -1.42. The Morgan fingerprint density at radius 2 is 1.89 bits per heavy atom. The first-order chi connectivity index (χ1) is 8.35. The first-order valence-electron chi connectivity index (χ1n) is 5.90. The van der Waals surface area contributed by atoms with E-state index in [9.17, 15) is 14.3 Å². The maximum Gasteiger partial charge on any atom is 0.338 e. The maximum absolute atomic E-state index is 13.7. The van der Waals surface area contributed by atoms with Gasteiger partial charge >= 0.3 is 5.97 Å². The van der Waals surface area contributed by atoms with E-state index in [-0.39, 0.29) is 5.92 Å². The predicted molar refractivity (Wildman–Crippen MR) is 66.6 cm³/mol. The molecule has 1 aromatic rings. The number of benzene rings is 1. The third-order valence-electron chi connectivity index (χ3n) is 3.42. The van der Waals surface area contributed by atoms with Gasteiger partial charge < -0.3 is 9.84 Å². The van der Waals surface area contributed by atoms with Crippen molar-refractivity contribution in [1.82, 2.24) is 0 Å². The molecule has 0 spiro atoms. The van der Waals surface area contributed by atoms with Crippen molar-refractivity contribution >= 4 is 5.97 Å². The summed E-state index contributed by atoms with van der Waals surface area (Å²) in [7, 11) is 1.21. The molecule has 0 aliphatic carbocycles. The van der Waals surface area contributed by atoms with Crippen molar-refractivity contribution in [2.75, 3.05) is 7.11 Å². The standard InChI is InChI=1S/C14H19FO3/c1-9(2)14(17,13(16)18-4)10(3)11-7-5-6-8-12(11)15/h5-10,17H,1-4H3. The second kappa shape index (κ2) is 5.48. The minimum Gasteiger partial charge on any atom is -0.467 e. The summed E-state index contributed by atoms with van der Waals surface area (Å²) in [5, 5.41) is 10.6. The molecule has 1 rings (SSSR count). The van der Waals surface area contributed by atoms with Crippen LogP contribution in [-0.4, -0.2) is 23.8 Å². The molecule has 0 saturated carbocycles. The Kier molecular flexibility index (Phi) is 4.46. The van der Waals surface area contributed by atoms with Gasteiger partial charge in [0.05, 0.1) is 7.11 Å². The van der Waals surface area contributed by atoms with Crippen LogP contribution in [0.2, 0.25) is 0 Å². The van der Waals surface area contributed by atoms with Gasteiger partial charge in [-0.1, -0.05) is 39.0 Å². The molecule has 2 unspecified atom stereocenters. The monoisotopic (exact) mass is 254 g/mol. The van der Waals surface area contributed by atoms with E-state index in [0.29, 0.717) is 5.56 Å². The van der Waals surface area contributed by atoms with Gasteiger partial charge in [-0.05, 0) is 17.5 Å². The molecule has 2 atom stereocenters. The molecule has 0 aliphatic heterocycles. The van der Waals surface area contributed by atoms with Crippen LogP contribution in [0, 0.1) is 11.7 Å². The van der Waals surface area contributed by atoms with Crippen LogP contribution in [0.1, 0.15) is 32.3 Å². The highest BCUT2D eigenvalue weighted by Crippen LogP contribution is 2.36. The van der Waals surface area contributed by atoms with Crippen LogP contribution >= 0.6 is 0 Å². The van der Waals surface area contributed by atoms with Crippen LogP contribution in [0.25, 0.3) is 0 Å². The van der Waals surface area contributed by atoms with E-state index in [0.717, 1.165) is 0 Å². The van der Waals surface area contributed by atoms with Crippen molar-refractivity contribution in [1.29, 1.82) is 0 Å². The topological polar surface area (TPSA) is 46.5 Å². The van der Waals surface area contributed by atoms with Crippen molar-refractivity contribution in [3.63, 3.8) is 0 Å². The summed E-state index contributed by atoms with van der Waals surface area (Å²) in [6.07, 6.45) is 0. The largest absolute Gasteiger partial charge is 0.467 e. The van der Waals surface area contributed by atoms with Crippen molar-refractivity contribution < 1.29 is 19.0 Å². The second-order valence-electron chi connectivity index (χ2n) is 4.71. The summed E-state index contributed by atoms with van der Waals surface area (Å²) in [4.78, 5) is 11.8. The van der Waals surface area contributed by atoms with Gasteiger partial charge in [0.25, 0.3) is 0 Å². The molecular weight excluding hydrogens is 235 g/mol. The minimum absolute atomic E-state index is 0.305. The van der Waals surface area contributed by atoms with E-state index in [1.807, 2.05) is 0 Å². The number of carbonyl (C=O) groups is 1. The molecule has 0 aliphatic rings. The van der Waals surface area contributed by atoms with Gasteiger partial charge in [0.1, 0.15) is 5.82 Å². The molecule has 1 aromatic carbocycles. The second-order valence-corrected chi connectivity index (χ2v) is 4.71. The molecule has 0 heterocycles. The Morgan fingerprint density at radius 3 is 2.33 bits per heavy atom. The fourth-order valence-corrected chi connectivity index (χ4v) is 2.14. The van der Waals surface area contributed by atoms with Crippen LogP contribution in [0.15, 0.2) is 24.3 Å². The Morgan fingerprint density at radius 1 is 1.33 bits per heavy atom. The quantitative estimate of drug-likeness (QED) is 0.840. The Labute approximate surface area is 107 Å². The van der Waals surface area contributed by atoms with Crippen molar-refractivity contribution in [3.05, 3.63) is 35.6 Å². The summed E-state index contributed by atoms with van der Waals surface area (Å²) in [5.41, 5.74) is -1.43. The normalized spacial score (nSPS) is 16.2. The van der Waals surface area contributed by atoms with Gasteiger partial charge in [-0.15, -0.1) is 0 Å². The van der Waals surface area contributed by atoms with Gasteiger partial charge in [0.15, 0.2) is 5.60 Å². The molecule has 1 N–H and O–H groups in total. The highest BCUT2D eigenvalue weighted by Gasteiger charge is 2.46. The summed E-state index contributed by atoms with van der Waals surface area (Å²) < 4.78 is 18.4. The summed E-state index contributed by atoms with van der Waals surface area (Å²) >= 11 is 0. The highest BCUT2D eigenvalue weighted by atomic mass is 19.1. The average molecular weight is 254 g/mol. The summed E-state index contributed by atoms with van der Waals surface area (Å²) in [6.45, 7) is 5.03. The third-order valence-corrected chi connectivity index (χ3v) is 3.42. The molecule has 0 amide bonds. The summed E-state index contributed by atoms with van der Waals surface area (Å²) in [5.74, 6) is -2.26. The Balaban J connectivity index is 3.24. The molecule has 100 valence electrons. The van der Waals surface area contributed by atoms with Crippen LogP contribution in [0.5, 0.6) is 0 Å². The average Bonchev–Trinajstić information content (AvgIpc) is 2.36. The van der Waals surface area contributed by atoms with E-state index < -0.39 is 23.3 Å². The lowest BCUT2D eigenvalue weighted by Crippen LogP contribution is -2.49. The number of ether oxygens (including phenoxy) is 1. The van der Waals surface area contributed by atoms with E-state index in [1.54, 1.807) is 39.0 Å². The van der Waals surface area contributed by atoms with Gasteiger partial charge in [0.2, 0.25) is 0 Å². The minimum atomic E-state index is -1.74. The molecule has 0 fully saturated rings. The number of hydrogen-bond donors (Lipinski definition) is 1. The first-order valence-corrected chi connectivity index (χ1v) is 5.90.